The van der Waals surface area contributed by atoms with Crippen LogP contribution >= 0.6 is 0 Å². The van der Waals surface area contributed by atoms with Gasteiger partial charge in [-0.05, 0) is 25.8 Å². The molecule has 96 valence electrons. The van der Waals surface area contributed by atoms with Crippen LogP contribution in [0.2, 0.25) is 0 Å². The molecule has 1 atom stereocenters. The van der Waals surface area contributed by atoms with E-state index < -0.39 is 6.10 Å². The van der Waals surface area contributed by atoms with Gasteiger partial charge in [0.25, 0.3) is 0 Å². The number of hydrogen-bond acceptors (Lipinski definition) is 2. The van der Waals surface area contributed by atoms with Gasteiger partial charge in [0.1, 0.15) is 5.82 Å². The van der Waals surface area contributed by atoms with E-state index in [4.69, 9.17) is 0 Å². The third-order valence-electron chi connectivity index (χ3n) is 2.77. The van der Waals surface area contributed by atoms with Crippen molar-refractivity contribution in [3.63, 3.8) is 0 Å². The van der Waals surface area contributed by atoms with Crippen LogP contribution < -0.4 is 4.90 Å². The Morgan fingerprint density at radius 3 is 2.29 bits per heavy atom. The average Bonchev–Trinajstić information content (AvgIpc) is 2.28. The lowest BCUT2D eigenvalue weighted by molar-refractivity contribution is 0.199. The van der Waals surface area contributed by atoms with Gasteiger partial charge in [0.05, 0.1) is 11.8 Å². The van der Waals surface area contributed by atoms with Gasteiger partial charge in [0, 0.05) is 18.7 Å². The van der Waals surface area contributed by atoms with Gasteiger partial charge in [-0.25, -0.2) is 4.39 Å². The largest absolute Gasteiger partial charge is 0.389 e. The van der Waals surface area contributed by atoms with Crippen molar-refractivity contribution in [1.29, 1.82) is 0 Å². The molecule has 0 unspecified atom stereocenters. The molecule has 0 heterocycles. The van der Waals surface area contributed by atoms with E-state index in [1.54, 1.807) is 19.1 Å². The van der Waals surface area contributed by atoms with E-state index in [0.717, 1.165) is 25.9 Å². The third kappa shape index (κ3) is 3.43. The number of anilines is 1. The maximum Gasteiger partial charge on any atom is 0.146 e. The molecule has 1 N–H and O–H groups in total. The Bertz CT molecular complexity index is 346. The van der Waals surface area contributed by atoms with Gasteiger partial charge < -0.3 is 10.0 Å². The SMILES string of the molecule is CCCN(CCC)c1c(F)cccc1[C@@H](C)O. The lowest BCUT2D eigenvalue weighted by Crippen LogP contribution is -2.27. The predicted octanol–water partition coefficient (Wildman–Crippen LogP) is 3.51. The molecule has 0 aliphatic rings. The molecule has 0 aliphatic heterocycles. The molecule has 0 saturated carbocycles. The normalized spacial score (nSPS) is 12.5. The van der Waals surface area contributed by atoms with Crippen molar-refractivity contribution in [2.45, 2.75) is 39.7 Å². The maximum atomic E-state index is 14.0. The maximum absolute atomic E-state index is 14.0. The van der Waals surface area contributed by atoms with Gasteiger partial charge in [-0.1, -0.05) is 26.0 Å². The smallest absolute Gasteiger partial charge is 0.146 e. The molecule has 0 aromatic heterocycles. The number of nitrogens with zero attached hydrogens (tertiary/aromatic N) is 1. The molecule has 1 rings (SSSR count). The lowest BCUT2D eigenvalue weighted by Gasteiger charge is -2.27. The highest BCUT2D eigenvalue weighted by atomic mass is 19.1. The van der Waals surface area contributed by atoms with Gasteiger partial charge in [-0.15, -0.1) is 0 Å². The molecular formula is C14H22FNO. The Labute approximate surface area is 103 Å². The number of halogens is 1. The highest BCUT2D eigenvalue weighted by Crippen LogP contribution is 2.29. The van der Waals surface area contributed by atoms with Crippen molar-refractivity contribution >= 4 is 5.69 Å². The fraction of sp³-hybridized carbons (Fsp3) is 0.571. The topological polar surface area (TPSA) is 23.5 Å². The molecule has 0 saturated heterocycles. The molecule has 0 bridgehead atoms. The van der Waals surface area contributed by atoms with Crippen molar-refractivity contribution in [3.05, 3.63) is 29.6 Å². The van der Waals surface area contributed by atoms with Crippen LogP contribution in [-0.4, -0.2) is 18.2 Å². The molecule has 0 aliphatic carbocycles. The number of aliphatic hydroxyl groups is 1. The highest BCUT2D eigenvalue weighted by Gasteiger charge is 2.17. The molecule has 0 fully saturated rings. The van der Waals surface area contributed by atoms with Crippen LogP contribution in [-0.2, 0) is 0 Å². The van der Waals surface area contributed by atoms with Gasteiger partial charge >= 0.3 is 0 Å². The summed E-state index contributed by atoms with van der Waals surface area (Å²) in [5.74, 6) is -0.245. The van der Waals surface area contributed by atoms with Crippen LogP contribution in [0, 0.1) is 5.82 Å². The number of benzene rings is 1. The van der Waals surface area contributed by atoms with Crippen LogP contribution in [0.4, 0.5) is 10.1 Å². The molecular weight excluding hydrogens is 217 g/mol. The monoisotopic (exact) mass is 239 g/mol. The second-order valence-electron chi connectivity index (χ2n) is 4.34. The summed E-state index contributed by atoms with van der Waals surface area (Å²) >= 11 is 0. The Morgan fingerprint density at radius 1 is 1.24 bits per heavy atom. The van der Waals surface area contributed by atoms with Crippen molar-refractivity contribution in [3.8, 4) is 0 Å². The summed E-state index contributed by atoms with van der Waals surface area (Å²) in [7, 11) is 0. The van der Waals surface area contributed by atoms with E-state index in [1.165, 1.54) is 6.07 Å². The van der Waals surface area contributed by atoms with Crippen molar-refractivity contribution < 1.29 is 9.50 Å². The van der Waals surface area contributed by atoms with E-state index in [9.17, 15) is 9.50 Å². The summed E-state index contributed by atoms with van der Waals surface area (Å²) < 4.78 is 14.0. The highest BCUT2D eigenvalue weighted by molar-refractivity contribution is 5.55. The molecule has 17 heavy (non-hydrogen) atoms. The zero-order valence-electron chi connectivity index (χ0n) is 10.9. The Kier molecular flexibility index (Phi) is 5.42. The summed E-state index contributed by atoms with van der Waals surface area (Å²) in [5.41, 5.74) is 1.23. The quantitative estimate of drug-likeness (QED) is 0.821. The second kappa shape index (κ2) is 6.60. The number of aliphatic hydroxyl groups excluding tert-OH is 1. The number of rotatable bonds is 6. The van der Waals surface area contributed by atoms with Crippen LogP contribution in [0.1, 0.15) is 45.3 Å². The van der Waals surface area contributed by atoms with Gasteiger partial charge in [-0.2, -0.15) is 0 Å². The Morgan fingerprint density at radius 2 is 1.82 bits per heavy atom. The van der Waals surface area contributed by atoms with Crippen LogP contribution in [0.5, 0.6) is 0 Å². The fourth-order valence-corrected chi connectivity index (χ4v) is 2.08. The first kappa shape index (κ1) is 14.0. The molecule has 1 aromatic rings. The fourth-order valence-electron chi connectivity index (χ4n) is 2.08. The zero-order chi connectivity index (χ0) is 12.8. The first-order valence-corrected chi connectivity index (χ1v) is 6.33. The zero-order valence-corrected chi connectivity index (χ0v) is 10.9. The molecule has 1 aromatic carbocycles. The van der Waals surface area contributed by atoms with Crippen molar-refractivity contribution in [2.75, 3.05) is 18.0 Å². The predicted molar refractivity (Wildman–Crippen MR) is 69.8 cm³/mol. The number of hydrogen-bond donors (Lipinski definition) is 1. The van der Waals surface area contributed by atoms with Gasteiger partial charge in [0.15, 0.2) is 0 Å². The van der Waals surface area contributed by atoms with E-state index in [-0.39, 0.29) is 5.82 Å². The van der Waals surface area contributed by atoms with Crippen molar-refractivity contribution in [1.82, 2.24) is 0 Å². The van der Waals surface area contributed by atoms with E-state index in [0.29, 0.717) is 11.3 Å². The third-order valence-corrected chi connectivity index (χ3v) is 2.77. The van der Waals surface area contributed by atoms with Crippen LogP contribution in [0.25, 0.3) is 0 Å². The number of para-hydroxylation sites is 1. The molecule has 0 amide bonds. The van der Waals surface area contributed by atoms with Crippen LogP contribution in [0.3, 0.4) is 0 Å². The molecule has 2 nitrogen and oxygen atoms in total. The summed E-state index contributed by atoms with van der Waals surface area (Å²) in [6.07, 6.45) is 1.29. The van der Waals surface area contributed by atoms with E-state index >= 15 is 0 Å². The Balaban J connectivity index is 3.14. The Hall–Kier alpha value is -1.09. The molecule has 0 radical (unpaired) electrons. The van der Waals surface area contributed by atoms with E-state index in [2.05, 4.69) is 13.8 Å². The average molecular weight is 239 g/mol. The van der Waals surface area contributed by atoms with Crippen LogP contribution in [0.15, 0.2) is 18.2 Å². The summed E-state index contributed by atoms with van der Waals surface area (Å²) in [5, 5.41) is 9.72. The summed E-state index contributed by atoms with van der Waals surface area (Å²) in [6.45, 7) is 7.45. The first-order chi connectivity index (χ1) is 8.11. The van der Waals surface area contributed by atoms with E-state index in [1.807, 2.05) is 4.90 Å². The summed E-state index contributed by atoms with van der Waals surface area (Å²) in [6, 6.07) is 4.90. The minimum absolute atomic E-state index is 0.245. The second-order valence-corrected chi connectivity index (χ2v) is 4.34. The molecule has 3 heteroatoms. The minimum atomic E-state index is -0.642. The first-order valence-electron chi connectivity index (χ1n) is 6.33. The minimum Gasteiger partial charge on any atom is -0.389 e. The molecule has 0 spiro atoms. The van der Waals surface area contributed by atoms with Gasteiger partial charge in [0.2, 0.25) is 0 Å². The standard InChI is InChI=1S/C14H22FNO/c1-4-9-16(10-5-2)14-12(11(3)17)7-6-8-13(14)15/h6-8,11,17H,4-5,9-10H2,1-3H3/t11-/m1/s1. The lowest BCUT2D eigenvalue weighted by atomic mass is 10.1. The summed E-state index contributed by atoms with van der Waals surface area (Å²) in [4.78, 5) is 2.03. The van der Waals surface area contributed by atoms with Gasteiger partial charge in [-0.3, -0.25) is 0 Å². The van der Waals surface area contributed by atoms with Crippen molar-refractivity contribution in [2.24, 2.45) is 0 Å².